The first kappa shape index (κ1) is 14.3. The number of hydrogen-bond acceptors (Lipinski definition) is 3. The van der Waals surface area contributed by atoms with E-state index in [-0.39, 0.29) is 17.9 Å². The number of pyridine rings is 1. The molecule has 1 aromatic carbocycles. The van der Waals surface area contributed by atoms with Crippen molar-refractivity contribution in [3.05, 3.63) is 46.8 Å². The summed E-state index contributed by atoms with van der Waals surface area (Å²) in [5.74, 6) is -1.20. The molecule has 2 heterocycles. The number of likely N-dealkylation sites (tertiary alicyclic amines) is 1. The summed E-state index contributed by atoms with van der Waals surface area (Å²) in [6.45, 7) is 0.499. The summed E-state index contributed by atoms with van der Waals surface area (Å²) in [4.78, 5) is 36.8. The summed E-state index contributed by atoms with van der Waals surface area (Å²) in [5, 5.41) is 9.71. The van der Waals surface area contributed by atoms with Crippen molar-refractivity contribution in [2.24, 2.45) is 0 Å². The van der Waals surface area contributed by atoms with Crippen molar-refractivity contribution in [2.45, 2.75) is 25.4 Å². The number of aliphatic carboxylic acids is 1. The molecule has 0 aliphatic carbocycles. The number of carboxylic acid groups (broad SMARTS) is 1. The molecule has 0 saturated carbocycles. The van der Waals surface area contributed by atoms with Crippen LogP contribution in [0.25, 0.3) is 10.9 Å². The van der Waals surface area contributed by atoms with Gasteiger partial charge >= 0.3 is 5.97 Å². The van der Waals surface area contributed by atoms with Crippen molar-refractivity contribution < 1.29 is 14.7 Å². The highest BCUT2D eigenvalue weighted by Crippen LogP contribution is 2.18. The predicted molar refractivity (Wildman–Crippen MR) is 80.6 cm³/mol. The van der Waals surface area contributed by atoms with Gasteiger partial charge in [0.05, 0.1) is 5.52 Å². The van der Waals surface area contributed by atoms with Gasteiger partial charge in [-0.15, -0.1) is 0 Å². The Morgan fingerprint density at radius 2 is 2.00 bits per heavy atom. The minimum Gasteiger partial charge on any atom is -0.480 e. The fourth-order valence-electron chi connectivity index (χ4n) is 2.96. The molecule has 1 aliphatic heterocycles. The molecule has 1 fully saturated rings. The van der Waals surface area contributed by atoms with Gasteiger partial charge in [-0.1, -0.05) is 12.1 Å². The lowest BCUT2D eigenvalue weighted by molar-refractivity contribution is -0.148. The van der Waals surface area contributed by atoms with Crippen molar-refractivity contribution in [3.63, 3.8) is 0 Å². The van der Waals surface area contributed by atoms with E-state index in [0.717, 1.165) is 0 Å². The van der Waals surface area contributed by atoms with Gasteiger partial charge in [-0.3, -0.25) is 9.59 Å². The molecule has 0 unspecified atom stereocenters. The van der Waals surface area contributed by atoms with Crippen LogP contribution in [0, 0.1) is 0 Å². The Morgan fingerprint density at radius 3 is 2.77 bits per heavy atom. The van der Waals surface area contributed by atoms with E-state index in [1.807, 2.05) is 0 Å². The summed E-state index contributed by atoms with van der Waals surface area (Å²) in [5.41, 5.74) is 0.582. The molecule has 22 heavy (non-hydrogen) atoms. The maximum Gasteiger partial charge on any atom is 0.326 e. The number of benzene rings is 1. The maximum atomic E-state index is 12.4. The first-order valence-electron chi connectivity index (χ1n) is 7.18. The molecule has 6 heteroatoms. The molecule has 1 N–H and O–H groups in total. The Morgan fingerprint density at radius 1 is 1.23 bits per heavy atom. The molecule has 2 aromatic rings. The third kappa shape index (κ3) is 2.47. The van der Waals surface area contributed by atoms with E-state index >= 15 is 0 Å². The number of rotatable bonds is 3. The number of nitrogens with zero attached hydrogens (tertiary/aromatic N) is 2. The molecular weight excluding hydrogens is 284 g/mol. The lowest BCUT2D eigenvalue weighted by Crippen LogP contribution is -2.42. The quantitative estimate of drug-likeness (QED) is 0.920. The number of carbonyl (C=O) groups excluding carboxylic acids is 1. The Balaban J connectivity index is 1.90. The van der Waals surface area contributed by atoms with Crippen molar-refractivity contribution in [1.82, 2.24) is 9.47 Å². The number of aromatic nitrogens is 1. The standard InChI is InChI=1S/C16H16N2O4/c19-14-7-9-17(12-5-2-1-4-11(12)14)10-15(20)18-8-3-6-13(18)16(21)22/h1-2,4-5,7,9,13H,3,6,8,10H2,(H,21,22)/t13-/m1/s1. The van der Waals surface area contributed by atoms with Gasteiger partial charge in [0.15, 0.2) is 5.43 Å². The van der Waals surface area contributed by atoms with E-state index in [0.29, 0.717) is 30.3 Å². The number of carboxylic acids is 1. The number of hydrogen-bond donors (Lipinski definition) is 1. The summed E-state index contributed by atoms with van der Waals surface area (Å²) in [7, 11) is 0. The van der Waals surface area contributed by atoms with Gasteiger partial charge in [0, 0.05) is 24.2 Å². The van der Waals surface area contributed by atoms with Gasteiger partial charge in [0.2, 0.25) is 5.91 Å². The summed E-state index contributed by atoms with van der Waals surface area (Å²) in [6, 6.07) is 7.76. The van der Waals surface area contributed by atoms with E-state index in [1.54, 1.807) is 35.0 Å². The van der Waals surface area contributed by atoms with Crippen LogP contribution in [0.4, 0.5) is 0 Å². The number of carbonyl (C=O) groups is 2. The van der Waals surface area contributed by atoms with Crippen LogP contribution in [0.15, 0.2) is 41.3 Å². The van der Waals surface area contributed by atoms with Gasteiger partial charge in [0.25, 0.3) is 0 Å². The molecule has 1 atom stereocenters. The van der Waals surface area contributed by atoms with Crippen LogP contribution in [0.3, 0.4) is 0 Å². The molecule has 1 aromatic heterocycles. The van der Waals surface area contributed by atoms with Crippen molar-refractivity contribution in [1.29, 1.82) is 0 Å². The summed E-state index contributed by atoms with van der Waals surface area (Å²) in [6.07, 6.45) is 2.77. The fraction of sp³-hybridized carbons (Fsp3) is 0.312. The van der Waals surface area contributed by atoms with Crippen LogP contribution in [-0.2, 0) is 16.1 Å². The lowest BCUT2D eigenvalue weighted by atomic mass is 10.2. The van der Waals surface area contributed by atoms with Crippen molar-refractivity contribution in [2.75, 3.05) is 6.54 Å². The third-order valence-corrected chi connectivity index (χ3v) is 4.05. The van der Waals surface area contributed by atoms with Gasteiger partial charge < -0.3 is 14.6 Å². The lowest BCUT2D eigenvalue weighted by Gasteiger charge is -2.22. The molecule has 114 valence electrons. The fourth-order valence-corrected chi connectivity index (χ4v) is 2.96. The van der Waals surface area contributed by atoms with E-state index in [9.17, 15) is 14.4 Å². The van der Waals surface area contributed by atoms with Crippen LogP contribution < -0.4 is 5.43 Å². The highest BCUT2D eigenvalue weighted by Gasteiger charge is 2.33. The minimum absolute atomic E-state index is 0.0323. The molecule has 0 radical (unpaired) electrons. The van der Waals surface area contributed by atoms with E-state index in [4.69, 9.17) is 5.11 Å². The molecule has 0 spiro atoms. The Labute approximate surface area is 126 Å². The predicted octanol–water partition coefficient (Wildman–Crippen LogP) is 1.08. The topological polar surface area (TPSA) is 79.6 Å². The van der Waals surface area contributed by atoms with E-state index < -0.39 is 12.0 Å². The molecule has 1 saturated heterocycles. The van der Waals surface area contributed by atoms with Crippen LogP contribution in [0.5, 0.6) is 0 Å². The largest absolute Gasteiger partial charge is 0.480 e. The monoisotopic (exact) mass is 300 g/mol. The van der Waals surface area contributed by atoms with Crippen LogP contribution >= 0.6 is 0 Å². The normalized spacial score (nSPS) is 17.8. The van der Waals surface area contributed by atoms with Gasteiger partial charge in [-0.25, -0.2) is 4.79 Å². The zero-order chi connectivity index (χ0) is 15.7. The molecule has 1 aliphatic rings. The van der Waals surface area contributed by atoms with Crippen LogP contribution in [-0.4, -0.2) is 39.0 Å². The smallest absolute Gasteiger partial charge is 0.326 e. The second-order valence-electron chi connectivity index (χ2n) is 5.41. The number of amides is 1. The maximum absolute atomic E-state index is 12.4. The zero-order valence-corrected chi connectivity index (χ0v) is 11.9. The first-order valence-corrected chi connectivity index (χ1v) is 7.18. The Bertz CT molecular complexity index is 796. The minimum atomic E-state index is -0.962. The van der Waals surface area contributed by atoms with E-state index in [2.05, 4.69) is 0 Å². The zero-order valence-electron chi connectivity index (χ0n) is 11.9. The van der Waals surface area contributed by atoms with Gasteiger partial charge in [0.1, 0.15) is 12.6 Å². The second kappa shape index (κ2) is 5.63. The van der Waals surface area contributed by atoms with Gasteiger partial charge in [-0.05, 0) is 25.0 Å². The summed E-state index contributed by atoms with van der Waals surface area (Å²) < 4.78 is 1.69. The number of para-hydroxylation sites is 1. The van der Waals surface area contributed by atoms with Crippen molar-refractivity contribution >= 4 is 22.8 Å². The average molecular weight is 300 g/mol. The Hall–Kier alpha value is -2.63. The van der Waals surface area contributed by atoms with Crippen molar-refractivity contribution in [3.8, 4) is 0 Å². The molecule has 0 bridgehead atoms. The second-order valence-corrected chi connectivity index (χ2v) is 5.41. The molecule has 3 rings (SSSR count). The first-order chi connectivity index (χ1) is 10.6. The summed E-state index contributed by atoms with van der Waals surface area (Å²) >= 11 is 0. The molecule has 1 amide bonds. The van der Waals surface area contributed by atoms with Crippen LogP contribution in [0.1, 0.15) is 12.8 Å². The number of fused-ring (bicyclic) bond motifs is 1. The Kier molecular flexibility index (Phi) is 3.66. The molecule has 6 nitrogen and oxygen atoms in total. The van der Waals surface area contributed by atoms with Gasteiger partial charge in [-0.2, -0.15) is 0 Å². The highest BCUT2D eigenvalue weighted by molar-refractivity contribution is 5.86. The van der Waals surface area contributed by atoms with E-state index in [1.165, 1.54) is 11.0 Å². The molecular formula is C16H16N2O4. The SMILES string of the molecule is O=C(O)[C@H]1CCCN1C(=O)Cn1ccc(=O)c2ccccc21. The highest BCUT2D eigenvalue weighted by atomic mass is 16.4. The average Bonchev–Trinajstić information content (AvgIpc) is 3.00. The third-order valence-electron chi connectivity index (χ3n) is 4.05. The van der Waals surface area contributed by atoms with Crippen LogP contribution in [0.2, 0.25) is 0 Å².